The van der Waals surface area contributed by atoms with Crippen molar-refractivity contribution in [1.29, 1.82) is 0 Å². The van der Waals surface area contributed by atoms with Gasteiger partial charge in [0, 0.05) is 26.2 Å². The van der Waals surface area contributed by atoms with E-state index in [1.54, 1.807) is 0 Å². The van der Waals surface area contributed by atoms with Crippen LogP contribution >= 0.6 is 0 Å². The van der Waals surface area contributed by atoms with Crippen molar-refractivity contribution < 1.29 is 0 Å². The van der Waals surface area contributed by atoms with Crippen molar-refractivity contribution >= 4 is 5.96 Å². The summed E-state index contributed by atoms with van der Waals surface area (Å²) in [6.07, 6.45) is 9.04. The maximum Gasteiger partial charge on any atom is 0.194 e. The number of nitrogens with zero attached hydrogens (tertiary/aromatic N) is 5. The topological polar surface area (TPSA) is 58.3 Å². The minimum atomic E-state index is 0.413. The third-order valence-electron chi connectivity index (χ3n) is 6.20. The van der Waals surface area contributed by atoms with Crippen LogP contribution in [0.1, 0.15) is 70.4 Å². The van der Waals surface area contributed by atoms with Crippen LogP contribution in [0, 0.1) is 12.3 Å². The molecule has 1 aromatic heterocycles. The van der Waals surface area contributed by atoms with Crippen molar-refractivity contribution in [3.05, 3.63) is 11.6 Å². The standard InChI is InChI=1S/C19H34N6/c1-5-19(3)11-12-25(14-19)18(21-16-9-7-6-8-10-16)20-13-17-23-22-15(2)24(17)4/h16H,5-14H2,1-4H3,(H,20,21). The van der Waals surface area contributed by atoms with Gasteiger partial charge in [-0.05, 0) is 38.0 Å². The van der Waals surface area contributed by atoms with E-state index in [9.17, 15) is 0 Å². The number of hydrogen-bond donors (Lipinski definition) is 1. The molecule has 3 rings (SSSR count). The predicted octanol–water partition coefficient (Wildman–Crippen LogP) is 3.02. The average Bonchev–Trinajstić information content (AvgIpc) is 3.17. The number of aryl methyl sites for hydroxylation is 1. The molecule has 6 heteroatoms. The molecule has 6 nitrogen and oxygen atoms in total. The summed E-state index contributed by atoms with van der Waals surface area (Å²) in [7, 11) is 2.01. The zero-order chi connectivity index (χ0) is 17.9. The summed E-state index contributed by atoms with van der Waals surface area (Å²) in [4.78, 5) is 7.41. The Balaban J connectivity index is 1.73. The lowest BCUT2D eigenvalue weighted by molar-refractivity contribution is 0.317. The third kappa shape index (κ3) is 4.33. The first-order valence-electron chi connectivity index (χ1n) is 9.91. The lowest BCUT2D eigenvalue weighted by Crippen LogP contribution is -2.46. The first-order chi connectivity index (χ1) is 12.0. The van der Waals surface area contributed by atoms with Gasteiger partial charge < -0.3 is 14.8 Å². The van der Waals surface area contributed by atoms with Gasteiger partial charge in [0.1, 0.15) is 12.4 Å². The maximum atomic E-state index is 4.95. The number of guanidine groups is 1. The largest absolute Gasteiger partial charge is 0.353 e. The van der Waals surface area contributed by atoms with Crippen LogP contribution in [-0.2, 0) is 13.6 Å². The van der Waals surface area contributed by atoms with E-state index in [1.807, 2.05) is 18.5 Å². The Labute approximate surface area is 152 Å². The molecule has 0 amide bonds. The fraction of sp³-hybridized carbons (Fsp3) is 0.842. The van der Waals surface area contributed by atoms with Gasteiger partial charge in [-0.15, -0.1) is 10.2 Å². The Bertz CT molecular complexity index is 601. The van der Waals surface area contributed by atoms with Crippen LogP contribution in [0.5, 0.6) is 0 Å². The predicted molar refractivity (Wildman–Crippen MR) is 101 cm³/mol. The van der Waals surface area contributed by atoms with Crippen molar-refractivity contribution in [3.63, 3.8) is 0 Å². The summed E-state index contributed by atoms with van der Waals surface area (Å²) < 4.78 is 2.03. The molecule has 0 aromatic carbocycles. The highest BCUT2D eigenvalue weighted by molar-refractivity contribution is 5.80. The van der Waals surface area contributed by atoms with E-state index >= 15 is 0 Å². The van der Waals surface area contributed by atoms with Crippen LogP contribution in [0.15, 0.2) is 4.99 Å². The molecular weight excluding hydrogens is 312 g/mol. The summed E-state index contributed by atoms with van der Waals surface area (Å²) in [6, 6.07) is 0.571. The summed E-state index contributed by atoms with van der Waals surface area (Å²) in [5, 5.41) is 12.2. The van der Waals surface area contributed by atoms with Crippen LogP contribution in [0.2, 0.25) is 0 Å². The zero-order valence-electron chi connectivity index (χ0n) is 16.4. The van der Waals surface area contributed by atoms with Gasteiger partial charge >= 0.3 is 0 Å². The van der Waals surface area contributed by atoms with E-state index in [4.69, 9.17) is 4.99 Å². The molecule has 2 fully saturated rings. The van der Waals surface area contributed by atoms with E-state index in [0.29, 0.717) is 18.0 Å². The second-order valence-corrected chi connectivity index (χ2v) is 8.18. The molecule has 2 heterocycles. The minimum absolute atomic E-state index is 0.413. The quantitative estimate of drug-likeness (QED) is 0.672. The summed E-state index contributed by atoms with van der Waals surface area (Å²) in [5.74, 6) is 2.94. The molecule has 1 aliphatic carbocycles. The first kappa shape index (κ1) is 18.2. The highest BCUT2D eigenvalue weighted by Crippen LogP contribution is 2.33. The number of hydrogen-bond acceptors (Lipinski definition) is 3. The van der Waals surface area contributed by atoms with Crippen LogP contribution in [0.3, 0.4) is 0 Å². The number of aliphatic imine (C=N–C) groups is 1. The number of likely N-dealkylation sites (tertiary alicyclic amines) is 1. The van der Waals surface area contributed by atoms with Gasteiger partial charge in [0.05, 0.1) is 0 Å². The van der Waals surface area contributed by atoms with Crippen molar-refractivity contribution in [3.8, 4) is 0 Å². The second-order valence-electron chi connectivity index (χ2n) is 8.18. The van der Waals surface area contributed by atoms with Gasteiger partial charge in [-0.25, -0.2) is 4.99 Å². The van der Waals surface area contributed by atoms with Gasteiger partial charge in [0.25, 0.3) is 0 Å². The molecule has 25 heavy (non-hydrogen) atoms. The molecule has 1 unspecified atom stereocenters. The SMILES string of the molecule is CCC1(C)CCN(C(=NCc2nnc(C)n2C)NC2CCCCC2)C1. The average molecular weight is 347 g/mol. The Morgan fingerprint density at radius 3 is 2.64 bits per heavy atom. The van der Waals surface area contributed by atoms with E-state index in [0.717, 1.165) is 30.7 Å². The van der Waals surface area contributed by atoms with Crippen LogP contribution < -0.4 is 5.32 Å². The molecule has 1 atom stereocenters. The summed E-state index contributed by atoms with van der Waals surface area (Å²) >= 11 is 0. The fourth-order valence-corrected chi connectivity index (χ4v) is 3.89. The summed E-state index contributed by atoms with van der Waals surface area (Å²) in [6.45, 7) is 9.47. The van der Waals surface area contributed by atoms with Gasteiger partial charge in [0.2, 0.25) is 0 Å². The zero-order valence-corrected chi connectivity index (χ0v) is 16.4. The molecule has 0 radical (unpaired) electrons. The molecule has 0 spiro atoms. The molecule has 2 aliphatic rings. The van der Waals surface area contributed by atoms with Gasteiger partial charge in [-0.2, -0.15) is 0 Å². The number of nitrogens with one attached hydrogen (secondary N) is 1. The Kier molecular flexibility index (Phi) is 5.64. The first-order valence-corrected chi connectivity index (χ1v) is 9.91. The van der Waals surface area contributed by atoms with Gasteiger partial charge in [0.15, 0.2) is 11.8 Å². The highest BCUT2D eigenvalue weighted by atomic mass is 15.3. The van der Waals surface area contributed by atoms with E-state index in [1.165, 1.54) is 44.9 Å². The molecular formula is C19H34N6. The second kappa shape index (κ2) is 7.75. The van der Waals surface area contributed by atoms with Crippen molar-refractivity contribution in [2.75, 3.05) is 13.1 Å². The molecule has 1 saturated carbocycles. The molecule has 140 valence electrons. The summed E-state index contributed by atoms with van der Waals surface area (Å²) in [5.41, 5.74) is 0.413. The molecule has 0 bridgehead atoms. The normalized spacial score (nSPS) is 25.6. The van der Waals surface area contributed by atoms with Crippen molar-refractivity contribution in [1.82, 2.24) is 25.0 Å². The monoisotopic (exact) mass is 346 g/mol. The Morgan fingerprint density at radius 2 is 2.04 bits per heavy atom. The number of rotatable bonds is 4. The minimum Gasteiger partial charge on any atom is -0.353 e. The van der Waals surface area contributed by atoms with Crippen LogP contribution in [-0.4, -0.2) is 44.8 Å². The smallest absolute Gasteiger partial charge is 0.194 e. The van der Waals surface area contributed by atoms with Crippen LogP contribution in [0.25, 0.3) is 0 Å². The molecule has 1 aromatic rings. The number of aromatic nitrogens is 3. The maximum absolute atomic E-state index is 4.95. The van der Waals surface area contributed by atoms with Crippen molar-refractivity contribution in [2.45, 2.75) is 78.3 Å². The molecule has 1 N–H and O–H groups in total. The Hall–Kier alpha value is -1.59. The Morgan fingerprint density at radius 1 is 1.28 bits per heavy atom. The molecule has 1 aliphatic heterocycles. The fourth-order valence-electron chi connectivity index (χ4n) is 3.89. The lowest BCUT2D eigenvalue weighted by atomic mass is 9.87. The van der Waals surface area contributed by atoms with Gasteiger partial charge in [-0.1, -0.05) is 33.1 Å². The van der Waals surface area contributed by atoms with E-state index in [2.05, 4.69) is 34.3 Å². The third-order valence-corrected chi connectivity index (χ3v) is 6.20. The lowest BCUT2D eigenvalue weighted by Gasteiger charge is -2.30. The van der Waals surface area contributed by atoms with Gasteiger partial charge in [-0.3, -0.25) is 0 Å². The van der Waals surface area contributed by atoms with Crippen molar-refractivity contribution in [2.24, 2.45) is 17.5 Å². The van der Waals surface area contributed by atoms with Crippen LogP contribution in [0.4, 0.5) is 0 Å². The van der Waals surface area contributed by atoms with E-state index in [-0.39, 0.29) is 0 Å². The van der Waals surface area contributed by atoms with E-state index < -0.39 is 0 Å². The molecule has 1 saturated heterocycles. The highest BCUT2D eigenvalue weighted by Gasteiger charge is 2.34.